The van der Waals surface area contributed by atoms with Gasteiger partial charge in [0, 0.05) is 24.3 Å². The van der Waals surface area contributed by atoms with Crippen LogP contribution in [0.1, 0.15) is 45.5 Å². The number of hydrogen-bond acceptors (Lipinski definition) is 6. The second-order valence-corrected chi connectivity index (χ2v) is 13.4. The molecule has 2 aliphatic carbocycles. The number of benzene rings is 4. The number of Topliss-reactive ketones (excluding diaryl/α,β-unsaturated/α-hetero) is 2. The number of hydrogen-bond donors (Lipinski definition) is 3. The fraction of sp³-hybridized carbons (Fsp3) is 0.263. The van der Waals surface area contributed by atoms with Crippen LogP contribution in [0.15, 0.2) is 90.0 Å². The topological polar surface area (TPSA) is 167 Å². The highest BCUT2D eigenvalue weighted by Gasteiger charge is 2.35. The molecule has 0 heterocycles. The van der Waals surface area contributed by atoms with Gasteiger partial charge in [-0.25, -0.2) is 8.78 Å². The van der Waals surface area contributed by atoms with Gasteiger partial charge in [0.15, 0.2) is 0 Å². The van der Waals surface area contributed by atoms with Gasteiger partial charge in [0.25, 0.3) is 11.8 Å². The normalized spacial score (nSPS) is 18.2. The number of azide groups is 1. The van der Waals surface area contributed by atoms with E-state index in [1.165, 1.54) is 30.3 Å². The highest BCUT2D eigenvalue weighted by Crippen LogP contribution is 2.37. The first kappa shape index (κ1) is 38.1. The summed E-state index contributed by atoms with van der Waals surface area (Å²) >= 11 is 11.2. The number of nitrogens with two attached hydrogens (primary N) is 1. The summed E-state index contributed by atoms with van der Waals surface area (Å²) in [6.07, 6.45) is 1.02. The first-order valence-corrected chi connectivity index (χ1v) is 17.2. The number of amides is 2. The molecule has 0 saturated carbocycles. The van der Waals surface area contributed by atoms with Crippen LogP contribution in [0.3, 0.4) is 0 Å². The Balaban J connectivity index is 0.000000202. The third-order valence-electron chi connectivity index (χ3n) is 9.15. The van der Waals surface area contributed by atoms with E-state index in [9.17, 15) is 28.0 Å². The van der Waals surface area contributed by atoms with Crippen molar-refractivity contribution in [1.29, 1.82) is 0 Å². The van der Waals surface area contributed by atoms with E-state index in [2.05, 4.69) is 20.7 Å². The minimum absolute atomic E-state index is 0.0194. The molecule has 4 aromatic carbocycles. The van der Waals surface area contributed by atoms with Gasteiger partial charge in [0.1, 0.15) is 11.6 Å². The average Bonchev–Trinajstić information content (AvgIpc) is 3.67. The van der Waals surface area contributed by atoms with Gasteiger partial charge in [-0.1, -0.05) is 89.0 Å². The quantitative estimate of drug-likeness (QED) is 0.0688. The number of nitrogens with zero attached hydrogens (tertiary/aromatic N) is 3. The maximum atomic E-state index is 13.5. The van der Waals surface area contributed by atoms with E-state index in [0.29, 0.717) is 24.1 Å². The Hall–Kier alpha value is -5.13. The molecule has 0 radical (unpaired) electrons. The summed E-state index contributed by atoms with van der Waals surface area (Å²) in [6, 6.07) is 22.7. The molecule has 6 rings (SSSR count). The van der Waals surface area contributed by atoms with Crippen molar-refractivity contribution in [2.45, 2.75) is 37.8 Å². The van der Waals surface area contributed by atoms with Gasteiger partial charge < -0.3 is 16.4 Å². The fourth-order valence-corrected chi connectivity index (χ4v) is 6.79. The van der Waals surface area contributed by atoms with Crippen LogP contribution in [0.25, 0.3) is 10.4 Å². The van der Waals surface area contributed by atoms with Crippen molar-refractivity contribution >= 4 is 46.6 Å². The number of ketones is 2. The van der Waals surface area contributed by atoms with E-state index < -0.39 is 41.1 Å². The summed E-state index contributed by atoms with van der Waals surface area (Å²) in [5, 5.41) is 9.10. The van der Waals surface area contributed by atoms with Gasteiger partial charge in [-0.2, -0.15) is 0 Å². The Morgan fingerprint density at radius 1 is 0.731 bits per heavy atom. The van der Waals surface area contributed by atoms with Crippen LogP contribution in [0, 0.1) is 23.5 Å². The zero-order chi connectivity index (χ0) is 37.4. The smallest absolute Gasteiger partial charge is 0.288 e. The second-order valence-electron chi connectivity index (χ2n) is 12.6. The van der Waals surface area contributed by atoms with E-state index in [-0.39, 0.29) is 47.3 Å². The largest absolute Gasteiger partial charge is 0.342 e. The first-order chi connectivity index (χ1) is 25.0. The molecule has 0 spiro atoms. The van der Waals surface area contributed by atoms with Gasteiger partial charge in [-0.05, 0) is 94.4 Å². The van der Waals surface area contributed by atoms with Gasteiger partial charge in [-0.15, -0.1) is 0 Å². The molecule has 2 amide bonds. The van der Waals surface area contributed by atoms with Crippen LogP contribution in [-0.4, -0.2) is 36.5 Å². The number of carbonyl (C=O) groups excluding carboxylic acids is 4. The molecule has 268 valence electrons. The Bertz CT molecular complexity index is 2060. The Labute approximate surface area is 308 Å². The summed E-state index contributed by atoms with van der Waals surface area (Å²) in [7, 11) is 0. The summed E-state index contributed by atoms with van der Waals surface area (Å²) in [5.74, 6) is -4.05. The van der Waals surface area contributed by atoms with Crippen LogP contribution in [0.5, 0.6) is 0 Å². The lowest BCUT2D eigenvalue weighted by atomic mass is 10.00. The zero-order valence-electron chi connectivity index (χ0n) is 27.7. The summed E-state index contributed by atoms with van der Waals surface area (Å²) in [5.41, 5.74) is 19.3. The molecule has 2 aliphatic rings. The van der Waals surface area contributed by atoms with E-state index in [4.69, 9.17) is 34.5 Å². The molecule has 0 unspecified atom stereocenters. The van der Waals surface area contributed by atoms with Crippen LogP contribution in [-0.2, 0) is 44.9 Å². The minimum atomic E-state index is -0.752. The summed E-state index contributed by atoms with van der Waals surface area (Å²) in [4.78, 5) is 52.0. The number of halogens is 4. The molecule has 0 aromatic heterocycles. The zero-order valence-corrected chi connectivity index (χ0v) is 29.2. The number of fused-ring (bicyclic) bond motifs is 2. The SMILES string of the molecule is NC[C@H]1Cc2ccccc2[C@@H]1NC(=O)C(=O)Cc1ccc(Cl)c(F)c1.[N-]=[N+]=NC[C@H]1Cc2ccccc2[C@@H]1NC(=O)C(=O)Cc1ccc(Cl)c(F)c1. The monoisotopic (exact) mass is 746 g/mol. The molecule has 52 heavy (non-hydrogen) atoms. The lowest BCUT2D eigenvalue weighted by Crippen LogP contribution is -2.38. The molecule has 0 aliphatic heterocycles. The van der Waals surface area contributed by atoms with Gasteiger partial charge in [0.05, 0.1) is 22.1 Å². The Morgan fingerprint density at radius 2 is 1.17 bits per heavy atom. The standard InChI is InChI=1S/C19H16ClFN4O2.C19H18ClFN2O2/c20-15-6-5-11(7-16(15)21)8-17(26)19(27)24-18-13(10-23-25-22)9-12-3-1-2-4-14(12)18;20-15-6-5-11(7-16(15)21)8-17(24)19(25)23-18-13(10-22)9-12-3-1-2-4-14(12)18/h1-7,13,18H,8-10H2,(H,24,27);1-7,13,18H,8-10,22H2,(H,23,25)/t2*13-,18-/m11/s1. The lowest BCUT2D eigenvalue weighted by molar-refractivity contribution is -0.138. The molecule has 14 heteroatoms. The van der Waals surface area contributed by atoms with Crippen molar-refractivity contribution in [2.75, 3.05) is 13.1 Å². The van der Waals surface area contributed by atoms with Gasteiger partial charge in [0.2, 0.25) is 11.6 Å². The molecular formula is C38H34Cl2F2N6O4. The molecule has 4 aromatic rings. The molecular weight excluding hydrogens is 713 g/mol. The molecule has 0 bridgehead atoms. The maximum Gasteiger partial charge on any atom is 0.288 e. The van der Waals surface area contributed by atoms with Crippen molar-refractivity contribution in [3.8, 4) is 0 Å². The predicted molar refractivity (Wildman–Crippen MR) is 192 cm³/mol. The van der Waals surface area contributed by atoms with Crippen molar-refractivity contribution in [3.63, 3.8) is 0 Å². The highest BCUT2D eigenvalue weighted by atomic mass is 35.5. The Morgan fingerprint density at radius 3 is 1.62 bits per heavy atom. The van der Waals surface area contributed by atoms with Crippen LogP contribution in [0.4, 0.5) is 8.78 Å². The molecule has 0 fully saturated rings. The number of carbonyl (C=O) groups is 4. The molecule has 4 N–H and O–H groups in total. The number of nitrogens with one attached hydrogen (secondary N) is 2. The van der Waals surface area contributed by atoms with E-state index in [0.717, 1.165) is 34.7 Å². The second kappa shape index (κ2) is 17.4. The molecule has 0 saturated heterocycles. The third-order valence-corrected chi connectivity index (χ3v) is 9.76. The van der Waals surface area contributed by atoms with E-state index in [1.54, 1.807) is 0 Å². The van der Waals surface area contributed by atoms with Gasteiger partial charge >= 0.3 is 0 Å². The van der Waals surface area contributed by atoms with Crippen LogP contribution >= 0.6 is 23.2 Å². The Kier molecular flexibility index (Phi) is 12.7. The maximum absolute atomic E-state index is 13.5. The number of rotatable bonds is 11. The van der Waals surface area contributed by atoms with Crippen molar-refractivity contribution in [3.05, 3.63) is 150 Å². The average molecular weight is 748 g/mol. The predicted octanol–water partition coefficient (Wildman–Crippen LogP) is 6.51. The van der Waals surface area contributed by atoms with E-state index in [1.807, 2.05) is 48.5 Å². The van der Waals surface area contributed by atoms with Gasteiger partial charge in [-0.3, -0.25) is 19.2 Å². The fourth-order valence-electron chi connectivity index (χ4n) is 6.55. The molecule has 10 nitrogen and oxygen atoms in total. The molecule has 4 atom stereocenters. The summed E-state index contributed by atoms with van der Waals surface area (Å²) < 4.78 is 27.0. The van der Waals surface area contributed by atoms with Crippen molar-refractivity contribution in [2.24, 2.45) is 22.7 Å². The highest BCUT2D eigenvalue weighted by molar-refractivity contribution is 6.37. The minimum Gasteiger partial charge on any atom is -0.342 e. The van der Waals surface area contributed by atoms with Crippen molar-refractivity contribution < 1.29 is 28.0 Å². The lowest BCUT2D eigenvalue weighted by Gasteiger charge is -2.20. The first-order valence-electron chi connectivity index (χ1n) is 16.4. The summed E-state index contributed by atoms with van der Waals surface area (Å²) in [6.45, 7) is 0.628. The van der Waals surface area contributed by atoms with Crippen LogP contribution < -0.4 is 16.4 Å². The van der Waals surface area contributed by atoms with E-state index >= 15 is 0 Å². The third kappa shape index (κ3) is 9.20. The van der Waals surface area contributed by atoms with Crippen LogP contribution in [0.2, 0.25) is 10.0 Å². The van der Waals surface area contributed by atoms with Crippen molar-refractivity contribution in [1.82, 2.24) is 10.6 Å².